The minimum atomic E-state index is -1.08. The highest BCUT2D eigenvalue weighted by molar-refractivity contribution is 6.31. The van der Waals surface area contributed by atoms with E-state index in [1.165, 1.54) is 40.2 Å². The van der Waals surface area contributed by atoms with Crippen molar-refractivity contribution < 1.29 is 19.1 Å². The predicted molar refractivity (Wildman–Crippen MR) is 93.0 cm³/mol. The third-order valence-corrected chi connectivity index (χ3v) is 3.94. The molecule has 27 heavy (non-hydrogen) atoms. The van der Waals surface area contributed by atoms with Gasteiger partial charge in [0.05, 0.1) is 18.3 Å². The zero-order chi connectivity index (χ0) is 19.4. The first-order valence-corrected chi connectivity index (χ1v) is 8.17. The van der Waals surface area contributed by atoms with Gasteiger partial charge in [0, 0.05) is 24.2 Å². The summed E-state index contributed by atoms with van der Waals surface area (Å²) < 4.78 is 15.9. The molecule has 0 atom stereocenters. The molecule has 9 nitrogen and oxygen atoms in total. The molecule has 0 radical (unpaired) electrons. The van der Waals surface area contributed by atoms with Crippen molar-refractivity contribution in [3.63, 3.8) is 0 Å². The number of anilines is 1. The van der Waals surface area contributed by atoms with E-state index in [0.717, 1.165) is 0 Å². The van der Waals surface area contributed by atoms with E-state index in [1.54, 1.807) is 6.07 Å². The van der Waals surface area contributed by atoms with Gasteiger partial charge in [0.2, 0.25) is 11.9 Å². The summed E-state index contributed by atoms with van der Waals surface area (Å²) in [5, 5.41) is 19.6. The van der Waals surface area contributed by atoms with Gasteiger partial charge in [-0.1, -0.05) is 17.7 Å². The van der Waals surface area contributed by atoms with Crippen LogP contribution in [0.1, 0.15) is 22.3 Å². The Morgan fingerprint density at radius 3 is 2.81 bits per heavy atom. The second-order valence-corrected chi connectivity index (χ2v) is 6.00. The number of carbonyl (C=O) groups excluding carboxylic acids is 1. The molecule has 0 saturated carbocycles. The van der Waals surface area contributed by atoms with E-state index in [0.29, 0.717) is 5.56 Å². The molecular formula is C16H14ClFN6O3. The van der Waals surface area contributed by atoms with Crippen molar-refractivity contribution in [2.24, 2.45) is 0 Å². The Morgan fingerprint density at radius 2 is 2.11 bits per heavy atom. The number of aryl methyl sites for hydroxylation is 1. The number of carboxylic acid groups (broad SMARTS) is 1. The highest BCUT2D eigenvalue weighted by Gasteiger charge is 2.10. The number of hydrogen-bond donors (Lipinski definition) is 2. The average molecular weight is 393 g/mol. The van der Waals surface area contributed by atoms with Crippen LogP contribution in [0.5, 0.6) is 0 Å². The lowest BCUT2D eigenvalue weighted by molar-refractivity contribution is -0.116. The minimum Gasteiger partial charge on any atom is -0.478 e. The number of carbonyl (C=O) groups is 2. The number of aromatic nitrogens is 5. The molecule has 0 unspecified atom stereocenters. The maximum atomic E-state index is 13.1. The second-order valence-electron chi connectivity index (χ2n) is 5.60. The van der Waals surface area contributed by atoms with Crippen molar-refractivity contribution in [3.05, 3.63) is 58.9 Å². The lowest BCUT2D eigenvalue weighted by atomic mass is 10.2. The van der Waals surface area contributed by atoms with Gasteiger partial charge < -0.3 is 5.11 Å². The predicted octanol–water partition coefficient (Wildman–Crippen LogP) is 2.04. The number of nitrogens with zero attached hydrogens (tertiary/aromatic N) is 5. The van der Waals surface area contributed by atoms with Crippen LogP contribution in [-0.4, -0.2) is 41.5 Å². The monoisotopic (exact) mass is 392 g/mol. The molecule has 1 aromatic carbocycles. The molecule has 1 amide bonds. The van der Waals surface area contributed by atoms with Gasteiger partial charge in [-0.3, -0.25) is 14.8 Å². The number of halogens is 2. The quantitative estimate of drug-likeness (QED) is 0.635. The van der Waals surface area contributed by atoms with Crippen molar-refractivity contribution in [2.75, 3.05) is 5.32 Å². The summed E-state index contributed by atoms with van der Waals surface area (Å²) in [6, 6.07) is 4.06. The standard InChI is InChI=1S/C16H14ClFN6O3/c17-13-5-12(18)2-1-10(13)7-24-9-19-16(22-24)21-14(25)3-4-23-8-11(6-20-23)15(26)27/h1-2,5-6,8-9H,3-4,7H2,(H,26,27)(H,21,22,25). The topological polar surface area (TPSA) is 115 Å². The number of aromatic carboxylic acids is 1. The van der Waals surface area contributed by atoms with Gasteiger partial charge in [0.25, 0.3) is 0 Å². The first-order valence-electron chi connectivity index (χ1n) is 7.79. The van der Waals surface area contributed by atoms with Gasteiger partial charge in [-0.2, -0.15) is 5.10 Å². The van der Waals surface area contributed by atoms with Crippen LogP contribution in [0.2, 0.25) is 5.02 Å². The SMILES string of the molecule is O=C(CCn1cc(C(=O)O)cn1)Nc1ncn(Cc2ccc(F)cc2Cl)n1. The smallest absolute Gasteiger partial charge is 0.338 e. The molecule has 2 aromatic heterocycles. The Hall–Kier alpha value is -3.27. The zero-order valence-electron chi connectivity index (χ0n) is 13.8. The number of rotatable bonds is 7. The molecule has 0 spiro atoms. The van der Waals surface area contributed by atoms with Crippen LogP contribution in [0.15, 0.2) is 36.9 Å². The average Bonchev–Trinajstić information content (AvgIpc) is 3.25. The number of benzene rings is 1. The van der Waals surface area contributed by atoms with E-state index < -0.39 is 11.8 Å². The number of nitrogens with one attached hydrogen (secondary N) is 1. The van der Waals surface area contributed by atoms with Crippen molar-refractivity contribution >= 4 is 29.4 Å². The maximum Gasteiger partial charge on any atom is 0.338 e. The van der Waals surface area contributed by atoms with Gasteiger partial charge >= 0.3 is 5.97 Å². The van der Waals surface area contributed by atoms with Gasteiger partial charge in [-0.15, -0.1) is 5.10 Å². The number of carboxylic acids is 1. The van der Waals surface area contributed by atoms with Gasteiger partial charge in [-0.25, -0.2) is 18.9 Å². The van der Waals surface area contributed by atoms with E-state index >= 15 is 0 Å². The van der Waals surface area contributed by atoms with E-state index in [2.05, 4.69) is 20.5 Å². The molecule has 11 heteroatoms. The summed E-state index contributed by atoms with van der Waals surface area (Å²) in [6.45, 7) is 0.484. The van der Waals surface area contributed by atoms with E-state index in [1.807, 2.05) is 0 Å². The fraction of sp³-hybridized carbons (Fsp3) is 0.188. The van der Waals surface area contributed by atoms with Gasteiger partial charge in [0.1, 0.15) is 12.1 Å². The Morgan fingerprint density at radius 1 is 1.30 bits per heavy atom. The summed E-state index contributed by atoms with van der Waals surface area (Å²) >= 11 is 5.98. The van der Waals surface area contributed by atoms with E-state index in [9.17, 15) is 14.0 Å². The van der Waals surface area contributed by atoms with E-state index in [4.69, 9.17) is 16.7 Å². The summed E-state index contributed by atoms with van der Waals surface area (Å²) in [4.78, 5) is 26.7. The molecule has 0 bridgehead atoms. The van der Waals surface area contributed by atoms with Crippen molar-refractivity contribution in [3.8, 4) is 0 Å². The molecule has 0 aliphatic rings. The Balaban J connectivity index is 1.53. The normalized spacial score (nSPS) is 10.7. The molecule has 2 N–H and O–H groups in total. The minimum absolute atomic E-state index is 0.0512. The van der Waals surface area contributed by atoms with Gasteiger partial charge in [0.15, 0.2) is 0 Å². The fourth-order valence-corrected chi connectivity index (χ4v) is 2.48. The first-order chi connectivity index (χ1) is 12.9. The highest BCUT2D eigenvalue weighted by Crippen LogP contribution is 2.18. The number of amides is 1. The van der Waals surface area contributed by atoms with Crippen molar-refractivity contribution in [1.82, 2.24) is 24.5 Å². The second kappa shape index (κ2) is 7.96. The van der Waals surface area contributed by atoms with E-state index in [-0.39, 0.29) is 42.0 Å². The molecule has 2 heterocycles. The first kappa shape index (κ1) is 18.5. The summed E-state index contributed by atoms with van der Waals surface area (Å²) in [5.74, 6) is -1.74. The van der Waals surface area contributed by atoms with Crippen LogP contribution in [-0.2, 0) is 17.9 Å². The molecule has 0 aliphatic carbocycles. The zero-order valence-corrected chi connectivity index (χ0v) is 14.6. The Bertz CT molecular complexity index is 986. The third-order valence-electron chi connectivity index (χ3n) is 3.58. The molecule has 0 saturated heterocycles. The van der Waals surface area contributed by atoms with Crippen LogP contribution in [0.4, 0.5) is 10.3 Å². The molecule has 0 fully saturated rings. The van der Waals surface area contributed by atoms with Crippen molar-refractivity contribution in [2.45, 2.75) is 19.5 Å². The maximum absolute atomic E-state index is 13.1. The summed E-state index contributed by atoms with van der Waals surface area (Å²) in [5.41, 5.74) is 0.712. The highest BCUT2D eigenvalue weighted by atomic mass is 35.5. The van der Waals surface area contributed by atoms with Crippen molar-refractivity contribution in [1.29, 1.82) is 0 Å². The summed E-state index contributed by atoms with van der Waals surface area (Å²) in [6.07, 6.45) is 4.04. The Kier molecular flexibility index (Phi) is 5.46. The van der Waals surface area contributed by atoms with Crippen LogP contribution in [0.25, 0.3) is 0 Å². The van der Waals surface area contributed by atoms with Gasteiger partial charge in [-0.05, 0) is 17.7 Å². The lowest BCUT2D eigenvalue weighted by Gasteiger charge is -2.04. The molecule has 3 aromatic rings. The Labute approximate surface area is 157 Å². The third kappa shape index (κ3) is 4.88. The van der Waals surface area contributed by atoms with Crippen LogP contribution in [0.3, 0.4) is 0 Å². The fourth-order valence-electron chi connectivity index (χ4n) is 2.25. The number of hydrogen-bond acceptors (Lipinski definition) is 5. The molecule has 140 valence electrons. The molecular weight excluding hydrogens is 379 g/mol. The molecule has 3 rings (SSSR count). The van der Waals surface area contributed by atoms with Crippen LogP contribution < -0.4 is 5.32 Å². The largest absolute Gasteiger partial charge is 0.478 e. The molecule has 0 aliphatic heterocycles. The lowest BCUT2D eigenvalue weighted by Crippen LogP contribution is -2.16. The summed E-state index contributed by atoms with van der Waals surface area (Å²) in [7, 11) is 0. The van der Waals surface area contributed by atoms with Crippen LogP contribution in [0, 0.1) is 5.82 Å². The van der Waals surface area contributed by atoms with Crippen LogP contribution >= 0.6 is 11.6 Å².